The lowest BCUT2D eigenvalue weighted by atomic mass is 10.4. The molecule has 1 aromatic heterocycles. The van der Waals surface area contributed by atoms with Crippen molar-refractivity contribution in [1.29, 1.82) is 0 Å². The van der Waals surface area contributed by atoms with Crippen LogP contribution in [0.3, 0.4) is 0 Å². The minimum absolute atomic E-state index is 0.0901. The molecule has 1 aromatic rings. The molecule has 0 saturated heterocycles. The molecule has 0 bridgehead atoms. The van der Waals surface area contributed by atoms with Gasteiger partial charge in [0, 0.05) is 13.2 Å². The Labute approximate surface area is 77.5 Å². The van der Waals surface area contributed by atoms with Gasteiger partial charge in [-0.2, -0.15) is 0 Å². The van der Waals surface area contributed by atoms with Crippen molar-refractivity contribution in [2.45, 2.75) is 20.0 Å². The van der Waals surface area contributed by atoms with Crippen LogP contribution in [-0.2, 0) is 4.74 Å². The number of carbonyl (C=O) groups is 1. The van der Waals surface area contributed by atoms with Crippen molar-refractivity contribution >= 4 is 5.97 Å². The van der Waals surface area contributed by atoms with E-state index in [9.17, 15) is 4.79 Å². The lowest BCUT2D eigenvalue weighted by molar-refractivity contribution is 0.0367. The Morgan fingerprint density at radius 1 is 1.62 bits per heavy atom. The van der Waals surface area contributed by atoms with E-state index in [2.05, 4.69) is 5.43 Å². The number of nitrogens with one attached hydrogen (secondary N) is 1. The summed E-state index contributed by atoms with van der Waals surface area (Å²) < 4.78 is 6.65. The van der Waals surface area contributed by atoms with Crippen LogP contribution < -0.4 is 5.43 Å². The maximum Gasteiger partial charge on any atom is 0.357 e. The van der Waals surface area contributed by atoms with Gasteiger partial charge in [0.1, 0.15) is 5.69 Å². The minimum Gasteiger partial charge on any atom is -0.458 e. The van der Waals surface area contributed by atoms with Gasteiger partial charge in [0.15, 0.2) is 0 Å². The average molecular weight is 182 g/mol. The largest absolute Gasteiger partial charge is 0.458 e. The van der Waals surface area contributed by atoms with E-state index in [1.165, 1.54) is 0 Å². The third-order valence-corrected chi connectivity index (χ3v) is 1.54. The lowest BCUT2D eigenvalue weighted by Gasteiger charge is -2.10. The first-order valence-corrected chi connectivity index (χ1v) is 4.21. The second-order valence-electron chi connectivity index (χ2n) is 2.94. The summed E-state index contributed by atoms with van der Waals surface area (Å²) in [6.45, 7) is 3.65. The van der Waals surface area contributed by atoms with Gasteiger partial charge in [-0.1, -0.05) is 0 Å². The van der Waals surface area contributed by atoms with E-state index in [0.29, 0.717) is 5.69 Å². The van der Waals surface area contributed by atoms with Gasteiger partial charge in [-0.15, -0.1) is 0 Å². The summed E-state index contributed by atoms with van der Waals surface area (Å²) in [5, 5.41) is 0. The van der Waals surface area contributed by atoms with Gasteiger partial charge in [0.25, 0.3) is 0 Å². The van der Waals surface area contributed by atoms with Gasteiger partial charge in [0.05, 0.1) is 6.10 Å². The van der Waals surface area contributed by atoms with Crippen molar-refractivity contribution < 1.29 is 9.53 Å². The van der Waals surface area contributed by atoms with E-state index in [0.717, 1.165) is 0 Å². The van der Waals surface area contributed by atoms with Crippen LogP contribution in [0.2, 0.25) is 0 Å². The summed E-state index contributed by atoms with van der Waals surface area (Å²) in [6, 6.07) is 3.49. The molecular weight excluding hydrogens is 168 g/mol. The number of hydrogen-bond donors (Lipinski definition) is 1. The number of ether oxygens (including phenoxy) is 1. The molecule has 4 nitrogen and oxygen atoms in total. The highest BCUT2D eigenvalue weighted by Gasteiger charge is 2.12. The van der Waals surface area contributed by atoms with E-state index in [4.69, 9.17) is 4.74 Å². The van der Waals surface area contributed by atoms with E-state index in [1.54, 1.807) is 30.1 Å². The molecular formula is C9H14N2O2. The van der Waals surface area contributed by atoms with E-state index in [-0.39, 0.29) is 12.1 Å². The van der Waals surface area contributed by atoms with Crippen LogP contribution in [0.5, 0.6) is 0 Å². The zero-order valence-corrected chi connectivity index (χ0v) is 8.07. The molecule has 0 saturated carbocycles. The van der Waals surface area contributed by atoms with E-state index >= 15 is 0 Å². The van der Waals surface area contributed by atoms with E-state index < -0.39 is 0 Å². The van der Waals surface area contributed by atoms with Crippen molar-refractivity contribution in [2.75, 3.05) is 12.5 Å². The lowest BCUT2D eigenvalue weighted by Crippen LogP contribution is -2.19. The maximum atomic E-state index is 11.4. The molecule has 13 heavy (non-hydrogen) atoms. The van der Waals surface area contributed by atoms with Crippen LogP contribution in [0.15, 0.2) is 18.3 Å². The summed E-state index contributed by atoms with van der Waals surface area (Å²) in [5.74, 6) is -0.311. The molecule has 0 amide bonds. The second-order valence-corrected chi connectivity index (χ2v) is 2.94. The zero-order chi connectivity index (χ0) is 9.84. The maximum absolute atomic E-state index is 11.4. The van der Waals surface area contributed by atoms with Crippen LogP contribution >= 0.6 is 0 Å². The molecule has 0 unspecified atom stereocenters. The minimum atomic E-state index is -0.311. The fraction of sp³-hybridized carbons (Fsp3) is 0.444. The zero-order valence-electron chi connectivity index (χ0n) is 8.07. The van der Waals surface area contributed by atoms with Gasteiger partial charge in [-0.05, 0) is 26.0 Å². The third-order valence-electron chi connectivity index (χ3n) is 1.54. The summed E-state index contributed by atoms with van der Waals surface area (Å²) in [6.07, 6.45) is 1.67. The predicted octanol–water partition coefficient (Wildman–Crippen LogP) is 1.23. The van der Waals surface area contributed by atoms with Gasteiger partial charge in [0.2, 0.25) is 0 Å². The summed E-state index contributed by atoms with van der Waals surface area (Å²) >= 11 is 0. The summed E-state index contributed by atoms with van der Waals surface area (Å²) in [4.78, 5) is 11.4. The summed E-state index contributed by atoms with van der Waals surface area (Å²) in [5.41, 5.74) is 3.36. The molecule has 0 aliphatic carbocycles. The topological polar surface area (TPSA) is 43.3 Å². The van der Waals surface area contributed by atoms with Crippen LogP contribution in [-0.4, -0.2) is 23.8 Å². The molecule has 0 spiro atoms. The number of aromatic nitrogens is 1. The van der Waals surface area contributed by atoms with Crippen molar-refractivity contribution in [1.82, 2.24) is 4.68 Å². The molecule has 0 atom stereocenters. The molecule has 1 rings (SSSR count). The smallest absolute Gasteiger partial charge is 0.357 e. The fourth-order valence-electron chi connectivity index (χ4n) is 1.02. The van der Waals surface area contributed by atoms with Gasteiger partial charge >= 0.3 is 5.97 Å². The Morgan fingerprint density at radius 2 is 2.31 bits per heavy atom. The molecule has 0 aliphatic rings. The van der Waals surface area contributed by atoms with Crippen LogP contribution in [0, 0.1) is 0 Å². The standard InChI is InChI=1S/C9H14N2O2/c1-7(2)13-9(12)8-5-4-6-11(8)10-3/h4-7,10H,1-3H3. The summed E-state index contributed by atoms with van der Waals surface area (Å²) in [7, 11) is 1.74. The van der Waals surface area contributed by atoms with Crippen molar-refractivity contribution in [3.8, 4) is 0 Å². The van der Waals surface area contributed by atoms with Gasteiger partial charge < -0.3 is 10.2 Å². The molecule has 72 valence electrons. The highest BCUT2D eigenvalue weighted by Crippen LogP contribution is 2.03. The highest BCUT2D eigenvalue weighted by atomic mass is 16.5. The first-order chi connectivity index (χ1) is 6.15. The number of nitrogens with zero attached hydrogens (tertiary/aromatic N) is 1. The van der Waals surface area contributed by atoms with Crippen LogP contribution in [0.25, 0.3) is 0 Å². The first kappa shape index (κ1) is 9.64. The number of carbonyl (C=O) groups excluding carboxylic acids is 1. The second kappa shape index (κ2) is 3.98. The normalized spacial score (nSPS) is 10.2. The van der Waals surface area contributed by atoms with Crippen LogP contribution in [0.4, 0.5) is 0 Å². The Hall–Kier alpha value is -1.45. The predicted molar refractivity (Wildman–Crippen MR) is 50.3 cm³/mol. The highest BCUT2D eigenvalue weighted by molar-refractivity contribution is 5.87. The molecule has 0 aliphatic heterocycles. The van der Waals surface area contributed by atoms with Gasteiger partial charge in [-0.25, -0.2) is 4.79 Å². The molecule has 0 fully saturated rings. The number of rotatable bonds is 3. The quantitative estimate of drug-likeness (QED) is 0.715. The molecule has 4 heteroatoms. The monoisotopic (exact) mass is 182 g/mol. The Balaban J connectivity index is 2.76. The van der Waals surface area contributed by atoms with Crippen molar-refractivity contribution in [2.24, 2.45) is 0 Å². The van der Waals surface area contributed by atoms with Gasteiger partial charge in [-0.3, -0.25) is 4.68 Å². The first-order valence-electron chi connectivity index (χ1n) is 4.21. The van der Waals surface area contributed by atoms with Crippen molar-refractivity contribution in [3.05, 3.63) is 24.0 Å². The SMILES string of the molecule is CNn1cccc1C(=O)OC(C)C. The third kappa shape index (κ3) is 2.24. The average Bonchev–Trinajstić information content (AvgIpc) is 2.49. The Morgan fingerprint density at radius 3 is 2.85 bits per heavy atom. The van der Waals surface area contributed by atoms with Crippen molar-refractivity contribution in [3.63, 3.8) is 0 Å². The number of esters is 1. The Kier molecular flexibility index (Phi) is 2.95. The molecule has 1 heterocycles. The Bertz CT molecular complexity index is 292. The molecule has 0 radical (unpaired) electrons. The van der Waals surface area contributed by atoms with Crippen LogP contribution in [0.1, 0.15) is 24.3 Å². The molecule has 0 aromatic carbocycles. The molecule has 1 N–H and O–H groups in total. The van der Waals surface area contributed by atoms with E-state index in [1.807, 2.05) is 13.8 Å². The fourth-order valence-corrected chi connectivity index (χ4v) is 1.02. The number of hydrogen-bond acceptors (Lipinski definition) is 3.